The molecule has 1 aromatic heterocycles. The number of nitrogens with one attached hydrogen (secondary N) is 1. The fraction of sp³-hybridized carbons (Fsp3) is 0.286. The van der Waals surface area contributed by atoms with Crippen molar-refractivity contribution >= 4 is 23.4 Å². The molecule has 1 heterocycles. The lowest BCUT2D eigenvalue weighted by Gasteiger charge is -2.06. The second kappa shape index (κ2) is 3.90. The van der Waals surface area contributed by atoms with E-state index in [4.69, 9.17) is 23.4 Å². The highest BCUT2D eigenvalue weighted by Crippen LogP contribution is 2.13. The smallest absolute Gasteiger partial charge is 0.129 e. The third-order valence-corrected chi connectivity index (χ3v) is 1.96. The molecule has 0 unspecified atom stereocenters. The Balaban J connectivity index is 2.81. The minimum Gasteiger partial charge on any atom is -0.244 e. The molecule has 0 spiro atoms. The molecule has 0 saturated heterocycles. The van der Waals surface area contributed by atoms with Crippen molar-refractivity contribution in [2.45, 2.75) is 13.0 Å². The van der Waals surface area contributed by atoms with Crippen molar-refractivity contribution in [2.75, 3.05) is 0 Å². The average molecular weight is 191 g/mol. The molecule has 1 atom stereocenters. The molecule has 0 radical (unpaired) electrons. The molecule has 1 rings (SSSR count). The van der Waals surface area contributed by atoms with Gasteiger partial charge >= 0.3 is 0 Å². The molecule has 0 fully saturated rings. The van der Waals surface area contributed by atoms with Crippen LogP contribution in [0.25, 0.3) is 0 Å². The standard InChI is InChI=1S/C7H8Cl2N2/c1-5(11-9)6-2-3-7(8)10-4-6/h2-5,11H,1H3/t5-/m0/s1. The van der Waals surface area contributed by atoms with E-state index in [-0.39, 0.29) is 6.04 Å². The van der Waals surface area contributed by atoms with E-state index in [2.05, 4.69) is 9.82 Å². The number of pyridine rings is 1. The first kappa shape index (κ1) is 8.78. The first-order valence-electron chi connectivity index (χ1n) is 3.21. The number of halogens is 2. The van der Waals surface area contributed by atoms with Gasteiger partial charge in [-0.15, -0.1) is 0 Å². The van der Waals surface area contributed by atoms with Crippen LogP contribution in [0.1, 0.15) is 18.5 Å². The molecule has 2 nitrogen and oxygen atoms in total. The molecule has 0 bridgehead atoms. The third-order valence-electron chi connectivity index (χ3n) is 1.41. The van der Waals surface area contributed by atoms with E-state index >= 15 is 0 Å². The lowest BCUT2D eigenvalue weighted by Crippen LogP contribution is -2.06. The summed E-state index contributed by atoms with van der Waals surface area (Å²) in [7, 11) is 0. The predicted molar refractivity (Wildman–Crippen MR) is 46.7 cm³/mol. The lowest BCUT2D eigenvalue weighted by atomic mass is 10.2. The van der Waals surface area contributed by atoms with E-state index in [1.807, 2.05) is 13.0 Å². The molecule has 11 heavy (non-hydrogen) atoms. The Bertz CT molecular complexity index is 222. The zero-order chi connectivity index (χ0) is 8.27. The first-order chi connectivity index (χ1) is 5.24. The summed E-state index contributed by atoms with van der Waals surface area (Å²) >= 11 is 11.0. The van der Waals surface area contributed by atoms with Gasteiger partial charge in [0.2, 0.25) is 0 Å². The lowest BCUT2D eigenvalue weighted by molar-refractivity contribution is 0.741. The van der Waals surface area contributed by atoms with Gasteiger partial charge in [-0.3, -0.25) is 0 Å². The third kappa shape index (κ3) is 2.33. The molecule has 0 aliphatic heterocycles. The maximum absolute atomic E-state index is 5.60. The number of hydrogen-bond donors (Lipinski definition) is 1. The summed E-state index contributed by atoms with van der Waals surface area (Å²) < 4.78 is 0. The molecule has 0 amide bonds. The van der Waals surface area contributed by atoms with Gasteiger partial charge in [0.25, 0.3) is 0 Å². The van der Waals surface area contributed by atoms with E-state index in [1.165, 1.54) is 0 Å². The molecular weight excluding hydrogens is 183 g/mol. The molecule has 0 aliphatic rings. The fourth-order valence-corrected chi connectivity index (χ4v) is 0.944. The van der Waals surface area contributed by atoms with Gasteiger partial charge in [0.1, 0.15) is 5.15 Å². The Kier molecular flexibility index (Phi) is 3.12. The van der Waals surface area contributed by atoms with Crippen LogP contribution in [0.3, 0.4) is 0 Å². The maximum atomic E-state index is 5.60. The average Bonchev–Trinajstić information content (AvgIpc) is 2.05. The van der Waals surface area contributed by atoms with Crippen LogP contribution in [0, 0.1) is 0 Å². The normalized spacial score (nSPS) is 13.0. The highest BCUT2D eigenvalue weighted by atomic mass is 35.5. The molecule has 60 valence electrons. The van der Waals surface area contributed by atoms with Crippen molar-refractivity contribution in [1.29, 1.82) is 0 Å². The van der Waals surface area contributed by atoms with Crippen molar-refractivity contribution in [2.24, 2.45) is 0 Å². The largest absolute Gasteiger partial charge is 0.244 e. The van der Waals surface area contributed by atoms with Gasteiger partial charge in [-0.1, -0.05) is 17.7 Å². The molecule has 0 saturated carbocycles. The molecule has 1 N–H and O–H groups in total. The summed E-state index contributed by atoms with van der Waals surface area (Å²) in [5.41, 5.74) is 1.02. The van der Waals surface area contributed by atoms with Gasteiger partial charge < -0.3 is 0 Å². The van der Waals surface area contributed by atoms with Crippen LogP contribution in [0.15, 0.2) is 18.3 Å². The second-order valence-corrected chi connectivity index (χ2v) is 2.85. The van der Waals surface area contributed by atoms with E-state index in [9.17, 15) is 0 Å². The molecule has 4 heteroatoms. The number of nitrogens with zero attached hydrogens (tertiary/aromatic N) is 1. The second-order valence-electron chi connectivity index (χ2n) is 2.25. The van der Waals surface area contributed by atoms with Crippen LogP contribution in [-0.4, -0.2) is 4.98 Å². The Morgan fingerprint density at radius 2 is 2.27 bits per heavy atom. The van der Waals surface area contributed by atoms with Gasteiger partial charge in [0, 0.05) is 12.2 Å². The van der Waals surface area contributed by atoms with E-state index in [0.29, 0.717) is 5.15 Å². The summed E-state index contributed by atoms with van der Waals surface area (Å²) in [6.07, 6.45) is 1.70. The highest BCUT2D eigenvalue weighted by Gasteiger charge is 2.02. The Labute approximate surface area is 75.6 Å². The summed E-state index contributed by atoms with van der Waals surface area (Å²) in [5.74, 6) is 0. The Morgan fingerprint density at radius 1 is 1.55 bits per heavy atom. The first-order valence-corrected chi connectivity index (χ1v) is 3.97. The molecule has 0 aromatic carbocycles. The number of aromatic nitrogens is 1. The SMILES string of the molecule is C[C@H](NCl)c1ccc(Cl)nc1. The van der Waals surface area contributed by atoms with Crippen LogP contribution < -0.4 is 4.84 Å². The predicted octanol–water partition coefficient (Wildman–Crippen LogP) is 2.54. The summed E-state index contributed by atoms with van der Waals surface area (Å²) in [6, 6.07) is 3.72. The quantitative estimate of drug-likeness (QED) is 0.573. The van der Waals surface area contributed by atoms with Crippen LogP contribution in [0.5, 0.6) is 0 Å². The Morgan fingerprint density at radius 3 is 2.73 bits per heavy atom. The molecular formula is C7H8Cl2N2. The number of rotatable bonds is 2. The zero-order valence-electron chi connectivity index (χ0n) is 6.01. The van der Waals surface area contributed by atoms with Gasteiger partial charge in [0.05, 0.1) is 0 Å². The van der Waals surface area contributed by atoms with Crippen LogP contribution in [0.4, 0.5) is 0 Å². The monoisotopic (exact) mass is 190 g/mol. The minimum absolute atomic E-state index is 0.0985. The minimum atomic E-state index is 0.0985. The van der Waals surface area contributed by atoms with E-state index in [0.717, 1.165) is 5.56 Å². The van der Waals surface area contributed by atoms with Gasteiger partial charge in [-0.2, -0.15) is 0 Å². The van der Waals surface area contributed by atoms with Gasteiger partial charge in [-0.25, -0.2) is 9.82 Å². The zero-order valence-corrected chi connectivity index (χ0v) is 7.52. The van der Waals surface area contributed by atoms with Crippen molar-refractivity contribution in [3.63, 3.8) is 0 Å². The number of hydrogen-bond acceptors (Lipinski definition) is 2. The topological polar surface area (TPSA) is 24.9 Å². The summed E-state index contributed by atoms with van der Waals surface area (Å²) in [6.45, 7) is 1.94. The summed E-state index contributed by atoms with van der Waals surface area (Å²) in [4.78, 5) is 6.50. The van der Waals surface area contributed by atoms with E-state index in [1.54, 1.807) is 12.3 Å². The molecule has 0 aliphatic carbocycles. The Hall–Kier alpha value is -0.310. The van der Waals surface area contributed by atoms with Gasteiger partial charge in [0.15, 0.2) is 0 Å². The molecule has 1 aromatic rings. The summed E-state index contributed by atoms with van der Waals surface area (Å²) in [5, 5.41) is 0.496. The van der Waals surface area contributed by atoms with Crippen molar-refractivity contribution in [1.82, 2.24) is 9.82 Å². The van der Waals surface area contributed by atoms with Crippen LogP contribution >= 0.6 is 23.4 Å². The van der Waals surface area contributed by atoms with Crippen LogP contribution in [-0.2, 0) is 0 Å². The van der Waals surface area contributed by atoms with Gasteiger partial charge in [-0.05, 0) is 30.3 Å². The van der Waals surface area contributed by atoms with Crippen molar-refractivity contribution < 1.29 is 0 Å². The van der Waals surface area contributed by atoms with E-state index < -0.39 is 0 Å². The van der Waals surface area contributed by atoms with Crippen molar-refractivity contribution in [3.05, 3.63) is 29.0 Å². The maximum Gasteiger partial charge on any atom is 0.129 e. The van der Waals surface area contributed by atoms with Crippen LogP contribution in [0.2, 0.25) is 5.15 Å². The fourth-order valence-electron chi connectivity index (χ4n) is 0.706. The highest BCUT2D eigenvalue weighted by molar-refractivity contribution is 6.29. The van der Waals surface area contributed by atoms with Crippen molar-refractivity contribution in [3.8, 4) is 0 Å².